The second kappa shape index (κ2) is 7.99. The number of hydrogen-bond donors (Lipinski definition) is 1. The van der Waals surface area contributed by atoms with Crippen molar-refractivity contribution in [3.8, 4) is 6.07 Å². The standard InChI is InChI=1S/C19H20N2O/c1-2-3-5-15-8-10-16(11-9-15)13-19(22)21-18-7-4-6-17(12-18)14-20/h4,6-12H,2-3,5,13H2,1H3,(H,21,22). The molecule has 2 aromatic rings. The van der Waals surface area contributed by atoms with Gasteiger partial charge in [-0.3, -0.25) is 4.79 Å². The van der Waals surface area contributed by atoms with Crippen LogP contribution in [0.15, 0.2) is 48.5 Å². The topological polar surface area (TPSA) is 52.9 Å². The van der Waals surface area contributed by atoms with Crippen LogP contribution in [0.1, 0.15) is 36.5 Å². The number of amides is 1. The number of nitriles is 1. The van der Waals surface area contributed by atoms with Crippen LogP contribution in [-0.2, 0) is 17.6 Å². The zero-order valence-corrected chi connectivity index (χ0v) is 12.8. The van der Waals surface area contributed by atoms with Gasteiger partial charge in [0.2, 0.25) is 5.91 Å². The van der Waals surface area contributed by atoms with Crippen molar-refractivity contribution in [1.82, 2.24) is 0 Å². The fraction of sp³-hybridized carbons (Fsp3) is 0.263. The van der Waals surface area contributed by atoms with Crippen LogP contribution >= 0.6 is 0 Å². The molecule has 112 valence electrons. The van der Waals surface area contributed by atoms with E-state index in [0.717, 1.165) is 12.0 Å². The van der Waals surface area contributed by atoms with Gasteiger partial charge in [-0.2, -0.15) is 5.26 Å². The van der Waals surface area contributed by atoms with Crippen molar-refractivity contribution in [3.63, 3.8) is 0 Å². The van der Waals surface area contributed by atoms with Crippen LogP contribution in [0.2, 0.25) is 0 Å². The molecule has 0 atom stereocenters. The predicted molar refractivity (Wildman–Crippen MR) is 88.5 cm³/mol. The third-order valence-electron chi connectivity index (χ3n) is 3.48. The summed E-state index contributed by atoms with van der Waals surface area (Å²) in [6.45, 7) is 2.18. The molecule has 0 aliphatic rings. The molecule has 3 nitrogen and oxygen atoms in total. The van der Waals surface area contributed by atoms with Gasteiger partial charge in [0.05, 0.1) is 18.1 Å². The van der Waals surface area contributed by atoms with E-state index in [4.69, 9.17) is 5.26 Å². The first-order chi connectivity index (χ1) is 10.7. The van der Waals surface area contributed by atoms with Crippen LogP contribution < -0.4 is 5.32 Å². The Morgan fingerprint density at radius 3 is 2.55 bits per heavy atom. The van der Waals surface area contributed by atoms with Gasteiger partial charge in [0.1, 0.15) is 0 Å². The van der Waals surface area contributed by atoms with E-state index < -0.39 is 0 Å². The molecule has 0 heterocycles. The number of anilines is 1. The molecule has 0 saturated heterocycles. The summed E-state index contributed by atoms with van der Waals surface area (Å²) in [4.78, 5) is 12.0. The minimum absolute atomic E-state index is 0.0728. The maximum Gasteiger partial charge on any atom is 0.228 e. The first-order valence-corrected chi connectivity index (χ1v) is 7.59. The van der Waals surface area contributed by atoms with E-state index in [1.54, 1.807) is 24.3 Å². The second-order valence-electron chi connectivity index (χ2n) is 5.34. The molecule has 1 amide bonds. The lowest BCUT2D eigenvalue weighted by atomic mass is 10.0. The monoisotopic (exact) mass is 292 g/mol. The van der Waals surface area contributed by atoms with Gasteiger partial charge < -0.3 is 5.32 Å². The third-order valence-corrected chi connectivity index (χ3v) is 3.48. The molecule has 0 aliphatic heterocycles. The van der Waals surface area contributed by atoms with E-state index in [1.807, 2.05) is 12.1 Å². The molecule has 3 heteroatoms. The molecule has 2 aromatic carbocycles. The van der Waals surface area contributed by atoms with Crippen molar-refractivity contribution in [1.29, 1.82) is 5.26 Å². The molecule has 0 saturated carbocycles. The number of benzene rings is 2. The van der Waals surface area contributed by atoms with Gasteiger partial charge in [0.15, 0.2) is 0 Å². The highest BCUT2D eigenvalue weighted by Gasteiger charge is 2.05. The van der Waals surface area contributed by atoms with Gasteiger partial charge in [-0.25, -0.2) is 0 Å². The van der Waals surface area contributed by atoms with E-state index >= 15 is 0 Å². The summed E-state index contributed by atoms with van der Waals surface area (Å²) in [6, 6.07) is 17.2. The third kappa shape index (κ3) is 4.75. The maximum absolute atomic E-state index is 12.0. The van der Waals surface area contributed by atoms with Crippen LogP contribution in [0.3, 0.4) is 0 Å². The Balaban J connectivity index is 1.92. The van der Waals surface area contributed by atoms with Crippen LogP contribution in [0.5, 0.6) is 0 Å². The minimum Gasteiger partial charge on any atom is -0.326 e. The Morgan fingerprint density at radius 1 is 1.14 bits per heavy atom. The Labute approximate surface area is 131 Å². The highest BCUT2D eigenvalue weighted by molar-refractivity contribution is 5.92. The van der Waals surface area contributed by atoms with Gasteiger partial charge in [-0.15, -0.1) is 0 Å². The largest absolute Gasteiger partial charge is 0.326 e. The Kier molecular flexibility index (Phi) is 5.73. The van der Waals surface area contributed by atoms with Gasteiger partial charge in [-0.1, -0.05) is 43.7 Å². The number of nitrogens with zero attached hydrogens (tertiary/aromatic N) is 1. The molecule has 22 heavy (non-hydrogen) atoms. The Hall–Kier alpha value is -2.60. The number of rotatable bonds is 6. The number of unbranched alkanes of at least 4 members (excludes halogenated alkanes) is 1. The van der Waals surface area contributed by atoms with E-state index in [1.165, 1.54) is 18.4 Å². The van der Waals surface area contributed by atoms with Gasteiger partial charge in [0, 0.05) is 5.69 Å². The molecule has 0 spiro atoms. The van der Waals surface area contributed by atoms with Gasteiger partial charge in [-0.05, 0) is 42.2 Å². The smallest absolute Gasteiger partial charge is 0.228 e. The number of aryl methyl sites for hydroxylation is 1. The number of carbonyl (C=O) groups excluding carboxylic acids is 1. The second-order valence-corrected chi connectivity index (χ2v) is 5.34. The zero-order valence-electron chi connectivity index (χ0n) is 12.8. The van der Waals surface area contributed by atoms with Crippen LogP contribution in [-0.4, -0.2) is 5.91 Å². The van der Waals surface area contributed by atoms with E-state index in [2.05, 4.69) is 30.4 Å². The Morgan fingerprint density at radius 2 is 1.86 bits per heavy atom. The predicted octanol–water partition coefficient (Wildman–Crippen LogP) is 4.08. The molecule has 0 bridgehead atoms. The summed E-state index contributed by atoms with van der Waals surface area (Å²) in [5.41, 5.74) is 3.50. The first-order valence-electron chi connectivity index (χ1n) is 7.59. The van der Waals surface area contributed by atoms with Crippen molar-refractivity contribution in [2.45, 2.75) is 32.6 Å². The summed E-state index contributed by atoms with van der Waals surface area (Å²) in [5, 5.41) is 11.7. The van der Waals surface area contributed by atoms with Crippen molar-refractivity contribution in [2.75, 3.05) is 5.32 Å². The summed E-state index contributed by atoms with van der Waals surface area (Å²) in [7, 11) is 0. The number of nitrogens with one attached hydrogen (secondary N) is 1. The van der Waals surface area contributed by atoms with Crippen molar-refractivity contribution in [2.24, 2.45) is 0 Å². The summed E-state index contributed by atoms with van der Waals surface area (Å²) in [5.74, 6) is -0.0728. The quantitative estimate of drug-likeness (QED) is 0.872. The van der Waals surface area contributed by atoms with E-state index in [-0.39, 0.29) is 5.91 Å². The lowest BCUT2D eigenvalue weighted by Crippen LogP contribution is -2.14. The molecule has 0 radical (unpaired) electrons. The molecule has 0 aromatic heterocycles. The Bertz CT molecular complexity index is 669. The molecular weight excluding hydrogens is 272 g/mol. The number of hydrogen-bond acceptors (Lipinski definition) is 2. The molecular formula is C19H20N2O. The maximum atomic E-state index is 12.0. The van der Waals surface area contributed by atoms with Gasteiger partial charge in [0.25, 0.3) is 0 Å². The minimum atomic E-state index is -0.0728. The SMILES string of the molecule is CCCCc1ccc(CC(=O)Nc2cccc(C#N)c2)cc1. The fourth-order valence-corrected chi connectivity index (χ4v) is 2.26. The van der Waals surface area contributed by atoms with E-state index in [9.17, 15) is 4.79 Å². The summed E-state index contributed by atoms with van der Waals surface area (Å²) < 4.78 is 0. The van der Waals surface area contributed by atoms with Crippen molar-refractivity contribution >= 4 is 11.6 Å². The van der Waals surface area contributed by atoms with Crippen LogP contribution in [0, 0.1) is 11.3 Å². The molecule has 1 N–H and O–H groups in total. The van der Waals surface area contributed by atoms with E-state index in [0.29, 0.717) is 17.7 Å². The van der Waals surface area contributed by atoms with Crippen molar-refractivity contribution < 1.29 is 4.79 Å². The normalized spacial score (nSPS) is 10.0. The molecule has 0 aliphatic carbocycles. The average molecular weight is 292 g/mol. The highest BCUT2D eigenvalue weighted by Crippen LogP contribution is 2.12. The van der Waals surface area contributed by atoms with Crippen LogP contribution in [0.25, 0.3) is 0 Å². The lowest BCUT2D eigenvalue weighted by molar-refractivity contribution is -0.115. The molecule has 2 rings (SSSR count). The van der Waals surface area contributed by atoms with Crippen molar-refractivity contribution in [3.05, 3.63) is 65.2 Å². The summed E-state index contributed by atoms with van der Waals surface area (Å²) in [6.07, 6.45) is 3.80. The fourth-order valence-electron chi connectivity index (χ4n) is 2.26. The molecule has 0 unspecified atom stereocenters. The molecule has 0 fully saturated rings. The van der Waals surface area contributed by atoms with Gasteiger partial charge >= 0.3 is 0 Å². The summed E-state index contributed by atoms with van der Waals surface area (Å²) >= 11 is 0. The highest BCUT2D eigenvalue weighted by atomic mass is 16.1. The first kappa shape index (κ1) is 15.8. The zero-order chi connectivity index (χ0) is 15.8. The van der Waals surface area contributed by atoms with Crippen LogP contribution in [0.4, 0.5) is 5.69 Å². The number of carbonyl (C=O) groups is 1. The lowest BCUT2D eigenvalue weighted by Gasteiger charge is -2.06. The average Bonchev–Trinajstić information content (AvgIpc) is 2.54.